The summed E-state index contributed by atoms with van der Waals surface area (Å²) in [4.78, 5) is 11.5. The largest absolute Gasteiger partial charge is 0.480 e. The van der Waals surface area contributed by atoms with Gasteiger partial charge < -0.3 is 5.11 Å². The van der Waals surface area contributed by atoms with Gasteiger partial charge in [-0.1, -0.05) is 18.2 Å². The number of carboxylic acids is 1. The number of sulfonamides is 1. The first-order chi connectivity index (χ1) is 11.3. The summed E-state index contributed by atoms with van der Waals surface area (Å²) in [6, 6.07) is 10.9. The summed E-state index contributed by atoms with van der Waals surface area (Å²) < 4.78 is 27.1. The highest BCUT2D eigenvalue weighted by Crippen LogP contribution is 2.23. The van der Waals surface area contributed by atoms with E-state index in [9.17, 15) is 18.3 Å². The molecule has 0 heterocycles. The number of hydrogen-bond acceptors (Lipinski definition) is 4. The lowest BCUT2D eigenvalue weighted by atomic mass is 9.98. The first kappa shape index (κ1) is 17.7. The summed E-state index contributed by atoms with van der Waals surface area (Å²) in [6.07, 6.45) is 0. The molecule has 0 saturated carbocycles. The molecule has 0 saturated heterocycles. The van der Waals surface area contributed by atoms with E-state index in [4.69, 9.17) is 5.26 Å². The van der Waals surface area contributed by atoms with E-state index in [1.165, 1.54) is 24.3 Å². The summed E-state index contributed by atoms with van der Waals surface area (Å²) in [5.74, 6) is -1.29. The van der Waals surface area contributed by atoms with Crippen LogP contribution >= 0.6 is 0 Å². The third-order valence-corrected chi connectivity index (χ3v) is 5.21. The molecule has 0 spiro atoms. The Morgan fingerprint density at radius 3 is 2.33 bits per heavy atom. The number of carboxylic acid groups (broad SMARTS) is 1. The van der Waals surface area contributed by atoms with Gasteiger partial charge in [-0.25, -0.2) is 8.42 Å². The van der Waals surface area contributed by atoms with Gasteiger partial charge in [0.15, 0.2) is 0 Å². The second-order valence-corrected chi connectivity index (χ2v) is 7.03. The molecule has 1 atom stereocenters. The van der Waals surface area contributed by atoms with E-state index in [1.807, 2.05) is 19.1 Å². The second kappa shape index (κ2) is 6.83. The summed E-state index contributed by atoms with van der Waals surface area (Å²) in [5.41, 5.74) is 2.29. The van der Waals surface area contributed by atoms with Gasteiger partial charge >= 0.3 is 5.97 Å². The van der Waals surface area contributed by atoms with E-state index in [-0.39, 0.29) is 4.90 Å². The van der Waals surface area contributed by atoms with Crippen molar-refractivity contribution < 1.29 is 18.3 Å². The van der Waals surface area contributed by atoms with Crippen LogP contribution in [0.3, 0.4) is 0 Å². The minimum absolute atomic E-state index is 0.0990. The minimum atomic E-state index is -4.05. The number of rotatable bonds is 5. The van der Waals surface area contributed by atoms with Gasteiger partial charge in [0.05, 0.1) is 16.5 Å². The lowest BCUT2D eigenvalue weighted by molar-refractivity contribution is -0.139. The average Bonchev–Trinajstić information content (AvgIpc) is 2.55. The number of carbonyl (C=O) groups is 1. The van der Waals surface area contributed by atoms with Crippen molar-refractivity contribution in [1.29, 1.82) is 5.26 Å². The molecule has 6 nitrogen and oxygen atoms in total. The highest BCUT2D eigenvalue weighted by Gasteiger charge is 2.28. The van der Waals surface area contributed by atoms with Crippen LogP contribution in [0.2, 0.25) is 0 Å². The van der Waals surface area contributed by atoms with Crippen molar-refractivity contribution >= 4 is 16.0 Å². The Morgan fingerprint density at radius 2 is 1.79 bits per heavy atom. The molecule has 0 aliphatic heterocycles. The van der Waals surface area contributed by atoms with E-state index < -0.39 is 22.0 Å². The molecule has 2 aromatic carbocycles. The van der Waals surface area contributed by atoms with Crippen LogP contribution in [0.4, 0.5) is 0 Å². The van der Waals surface area contributed by atoms with Crippen LogP contribution in [0.1, 0.15) is 28.3 Å². The van der Waals surface area contributed by atoms with Crippen molar-refractivity contribution in [3.63, 3.8) is 0 Å². The maximum absolute atomic E-state index is 12.5. The fourth-order valence-electron chi connectivity index (χ4n) is 2.27. The van der Waals surface area contributed by atoms with E-state index in [0.29, 0.717) is 16.7 Å². The molecular formula is C17H16N2O4S. The Hall–Kier alpha value is -2.69. The van der Waals surface area contributed by atoms with E-state index in [1.54, 1.807) is 19.1 Å². The van der Waals surface area contributed by atoms with Crippen molar-refractivity contribution in [3.8, 4) is 6.07 Å². The molecule has 0 fully saturated rings. The average molecular weight is 344 g/mol. The van der Waals surface area contributed by atoms with Crippen molar-refractivity contribution in [2.24, 2.45) is 0 Å². The van der Waals surface area contributed by atoms with E-state index >= 15 is 0 Å². The molecular weight excluding hydrogens is 328 g/mol. The van der Waals surface area contributed by atoms with Crippen LogP contribution in [-0.4, -0.2) is 19.5 Å². The predicted molar refractivity (Wildman–Crippen MR) is 87.8 cm³/mol. The molecule has 7 heteroatoms. The zero-order valence-electron chi connectivity index (χ0n) is 13.1. The maximum atomic E-state index is 12.5. The molecule has 0 amide bonds. The minimum Gasteiger partial charge on any atom is -0.480 e. The lowest BCUT2D eigenvalue weighted by Gasteiger charge is -2.18. The number of nitrogens with one attached hydrogen (secondary N) is 1. The third-order valence-electron chi connectivity index (χ3n) is 3.77. The predicted octanol–water partition coefficient (Wildman–Crippen LogP) is 2.28. The fraction of sp³-hybridized carbons (Fsp3) is 0.176. The van der Waals surface area contributed by atoms with Gasteiger partial charge in [0.1, 0.15) is 6.04 Å². The molecule has 1 unspecified atom stereocenters. The Balaban J connectivity index is 2.41. The molecule has 0 aliphatic carbocycles. The molecule has 0 bridgehead atoms. The van der Waals surface area contributed by atoms with Crippen molar-refractivity contribution in [1.82, 2.24) is 4.72 Å². The Bertz CT molecular complexity index is 913. The lowest BCUT2D eigenvalue weighted by Crippen LogP contribution is -2.34. The Morgan fingerprint density at radius 1 is 1.17 bits per heavy atom. The Kier molecular flexibility index (Phi) is 5.02. The van der Waals surface area contributed by atoms with Crippen LogP contribution in [0, 0.1) is 25.2 Å². The first-order valence-corrected chi connectivity index (χ1v) is 8.56. The van der Waals surface area contributed by atoms with Crippen LogP contribution in [-0.2, 0) is 14.8 Å². The standard InChI is InChI=1S/C17H16N2O4S/c1-11-4-3-5-15(12(11)2)16(17(20)21)19-24(22,23)14-8-6-13(10-18)7-9-14/h3-9,16,19H,1-2H3,(H,20,21). The van der Waals surface area contributed by atoms with Gasteiger partial charge in [-0.05, 0) is 54.8 Å². The highest BCUT2D eigenvalue weighted by molar-refractivity contribution is 7.89. The quantitative estimate of drug-likeness (QED) is 0.865. The van der Waals surface area contributed by atoms with Crippen molar-refractivity contribution in [2.45, 2.75) is 24.8 Å². The number of benzene rings is 2. The molecule has 0 radical (unpaired) electrons. The van der Waals surface area contributed by atoms with Gasteiger partial charge in [-0.15, -0.1) is 0 Å². The number of aliphatic carboxylic acids is 1. The number of nitrogens with zero attached hydrogens (tertiary/aromatic N) is 1. The highest BCUT2D eigenvalue weighted by atomic mass is 32.2. The van der Waals surface area contributed by atoms with Crippen molar-refractivity contribution in [3.05, 3.63) is 64.7 Å². The summed E-state index contributed by atoms with van der Waals surface area (Å²) >= 11 is 0. The van der Waals surface area contributed by atoms with E-state index in [2.05, 4.69) is 4.72 Å². The van der Waals surface area contributed by atoms with Crippen LogP contribution < -0.4 is 4.72 Å². The number of nitriles is 1. The second-order valence-electron chi connectivity index (χ2n) is 5.32. The summed E-state index contributed by atoms with van der Waals surface area (Å²) in [5, 5.41) is 18.2. The summed E-state index contributed by atoms with van der Waals surface area (Å²) in [6.45, 7) is 3.57. The zero-order valence-corrected chi connectivity index (χ0v) is 14.0. The molecule has 24 heavy (non-hydrogen) atoms. The number of aryl methyl sites for hydroxylation is 1. The van der Waals surface area contributed by atoms with Gasteiger partial charge in [0, 0.05) is 0 Å². The van der Waals surface area contributed by atoms with Gasteiger partial charge in [0.25, 0.3) is 0 Å². The Labute approximate surface area is 140 Å². The van der Waals surface area contributed by atoms with Crippen LogP contribution in [0.25, 0.3) is 0 Å². The van der Waals surface area contributed by atoms with Gasteiger partial charge in [0.2, 0.25) is 10.0 Å². The number of hydrogen-bond donors (Lipinski definition) is 2. The normalized spacial score (nSPS) is 12.4. The third kappa shape index (κ3) is 3.62. The fourth-order valence-corrected chi connectivity index (χ4v) is 3.43. The van der Waals surface area contributed by atoms with Crippen LogP contribution in [0.5, 0.6) is 0 Å². The monoisotopic (exact) mass is 344 g/mol. The summed E-state index contributed by atoms with van der Waals surface area (Å²) in [7, 11) is -4.05. The first-order valence-electron chi connectivity index (χ1n) is 7.07. The van der Waals surface area contributed by atoms with Crippen LogP contribution in [0.15, 0.2) is 47.4 Å². The molecule has 2 aromatic rings. The molecule has 124 valence electrons. The van der Waals surface area contributed by atoms with Gasteiger partial charge in [-0.2, -0.15) is 9.98 Å². The van der Waals surface area contributed by atoms with Crippen molar-refractivity contribution in [2.75, 3.05) is 0 Å². The molecule has 0 aromatic heterocycles. The van der Waals surface area contributed by atoms with Gasteiger partial charge in [-0.3, -0.25) is 4.79 Å². The smallest absolute Gasteiger partial charge is 0.326 e. The van der Waals surface area contributed by atoms with E-state index in [0.717, 1.165) is 5.56 Å². The zero-order chi connectivity index (χ0) is 17.9. The molecule has 0 aliphatic rings. The SMILES string of the molecule is Cc1cccc(C(NS(=O)(=O)c2ccc(C#N)cc2)C(=O)O)c1C. The maximum Gasteiger partial charge on any atom is 0.326 e. The topological polar surface area (TPSA) is 107 Å². The molecule has 2 rings (SSSR count). The molecule has 2 N–H and O–H groups in total.